The van der Waals surface area contributed by atoms with Crippen molar-refractivity contribution in [3.8, 4) is 0 Å². The van der Waals surface area contributed by atoms with Gasteiger partial charge in [-0.3, -0.25) is 9.59 Å². The normalized spacial score (nSPS) is 23.1. The van der Waals surface area contributed by atoms with Gasteiger partial charge < -0.3 is 10.4 Å². The van der Waals surface area contributed by atoms with Crippen LogP contribution in [0.15, 0.2) is 0 Å². The van der Waals surface area contributed by atoms with Crippen molar-refractivity contribution in [3.05, 3.63) is 0 Å². The van der Waals surface area contributed by atoms with E-state index in [4.69, 9.17) is 5.11 Å². The number of carbonyl (C=O) groups excluding carboxylic acids is 1. The van der Waals surface area contributed by atoms with E-state index in [-0.39, 0.29) is 23.7 Å². The van der Waals surface area contributed by atoms with E-state index in [0.717, 1.165) is 25.7 Å². The zero-order valence-corrected chi connectivity index (χ0v) is 13.1. The van der Waals surface area contributed by atoms with E-state index in [1.807, 2.05) is 6.92 Å². The van der Waals surface area contributed by atoms with Crippen molar-refractivity contribution < 1.29 is 14.7 Å². The molecule has 0 saturated heterocycles. The summed E-state index contributed by atoms with van der Waals surface area (Å²) in [6.45, 7) is 7.07. The first-order chi connectivity index (χ1) is 9.33. The number of carboxylic acid groups (broad SMARTS) is 1. The van der Waals surface area contributed by atoms with Gasteiger partial charge in [0.05, 0.1) is 0 Å². The predicted octanol–water partition coefficient (Wildman–Crippen LogP) is 3.21. The highest BCUT2D eigenvalue weighted by molar-refractivity contribution is 5.79. The fraction of sp³-hybridized carbons (Fsp3) is 0.875. The Morgan fingerprint density at radius 1 is 1.30 bits per heavy atom. The third-order valence-electron chi connectivity index (χ3n) is 4.61. The van der Waals surface area contributed by atoms with Gasteiger partial charge in [-0.25, -0.2) is 0 Å². The van der Waals surface area contributed by atoms with Crippen LogP contribution < -0.4 is 5.32 Å². The molecule has 0 aliphatic heterocycles. The number of rotatable bonds is 7. The summed E-state index contributed by atoms with van der Waals surface area (Å²) in [7, 11) is 0. The van der Waals surface area contributed by atoms with Gasteiger partial charge in [-0.15, -0.1) is 0 Å². The standard InChI is InChI=1S/C16H29NO3/c1-12(7-8-14(18)19)9-11-17-15(20)13-6-4-5-10-16(13,2)3/h12-13H,4-11H2,1-3H3,(H,17,20)(H,18,19). The molecule has 1 rings (SSSR count). The van der Waals surface area contributed by atoms with Crippen LogP contribution in [0.4, 0.5) is 0 Å². The van der Waals surface area contributed by atoms with Crippen LogP contribution in [0.3, 0.4) is 0 Å². The fourth-order valence-electron chi connectivity index (χ4n) is 3.06. The largest absolute Gasteiger partial charge is 0.481 e. The van der Waals surface area contributed by atoms with E-state index in [1.165, 1.54) is 6.42 Å². The van der Waals surface area contributed by atoms with Crippen molar-refractivity contribution in [1.82, 2.24) is 5.32 Å². The molecule has 0 aromatic heterocycles. The van der Waals surface area contributed by atoms with E-state index in [0.29, 0.717) is 18.9 Å². The highest BCUT2D eigenvalue weighted by Gasteiger charge is 2.36. The highest BCUT2D eigenvalue weighted by Crippen LogP contribution is 2.40. The fourth-order valence-corrected chi connectivity index (χ4v) is 3.06. The SMILES string of the molecule is CC(CCNC(=O)C1CCCCC1(C)C)CCC(=O)O. The number of aliphatic carboxylic acids is 1. The molecule has 4 heteroatoms. The molecule has 2 atom stereocenters. The Balaban J connectivity index is 2.27. The van der Waals surface area contributed by atoms with Crippen LogP contribution in [0.1, 0.15) is 65.7 Å². The van der Waals surface area contributed by atoms with Crippen LogP contribution in [0.5, 0.6) is 0 Å². The van der Waals surface area contributed by atoms with Crippen LogP contribution in [0, 0.1) is 17.3 Å². The Bertz CT molecular complexity index is 339. The minimum absolute atomic E-state index is 0.108. The van der Waals surface area contributed by atoms with Crippen molar-refractivity contribution in [3.63, 3.8) is 0 Å². The van der Waals surface area contributed by atoms with E-state index < -0.39 is 5.97 Å². The summed E-state index contributed by atoms with van der Waals surface area (Å²) in [5.74, 6) is -0.0960. The van der Waals surface area contributed by atoms with Gasteiger partial charge in [0, 0.05) is 18.9 Å². The Labute approximate surface area is 122 Å². The third kappa shape index (κ3) is 5.51. The number of amides is 1. The first kappa shape index (κ1) is 17.0. The van der Waals surface area contributed by atoms with Gasteiger partial charge in [0.1, 0.15) is 0 Å². The average Bonchev–Trinajstić information content (AvgIpc) is 2.35. The van der Waals surface area contributed by atoms with Gasteiger partial charge in [-0.2, -0.15) is 0 Å². The third-order valence-corrected chi connectivity index (χ3v) is 4.61. The van der Waals surface area contributed by atoms with Crippen LogP contribution in [-0.2, 0) is 9.59 Å². The molecular weight excluding hydrogens is 254 g/mol. The second-order valence-electron chi connectivity index (χ2n) is 6.90. The Morgan fingerprint density at radius 2 is 2.00 bits per heavy atom. The van der Waals surface area contributed by atoms with Crippen LogP contribution >= 0.6 is 0 Å². The minimum atomic E-state index is -0.746. The van der Waals surface area contributed by atoms with E-state index in [2.05, 4.69) is 19.2 Å². The molecule has 2 unspecified atom stereocenters. The van der Waals surface area contributed by atoms with Gasteiger partial charge in [-0.1, -0.05) is 33.6 Å². The highest BCUT2D eigenvalue weighted by atomic mass is 16.4. The molecule has 1 saturated carbocycles. The van der Waals surface area contributed by atoms with Gasteiger partial charge >= 0.3 is 5.97 Å². The summed E-state index contributed by atoms with van der Waals surface area (Å²) >= 11 is 0. The van der Waals surface area contributed by atoms with E-state index >= 15 is 0 Å². The lowest BCUT2D eigenvalue weighted by Gasteiger charge is -2.37. The smallest absolute Gasteiger partial charge is 0.303 e. The van der Waals surface area contributed by atoms with Crippen LogP contribution in [-0.4, -0.2) is 23.5 Å². The summed E-state index contributed by atoms with van der Waals surface area (Å²) in [5, 5.41) is 11.7. The molecular formula is C16H29NO3. The first-order valence-corrected chi connectivity index (χ1v) is 7.82. The summed E-state index contributed by atoms with van der Waals surface area (Å²) in [5.41, 5.74) is 0.108. The molecule has 1 amide bonds. The van der Waals surface area contributed by atoms with Gasteiger partial charge in [0.15, 0.2) is 0 Å². The monoisotopic (exact) mass is 283 g/mol. The molecule has 0 heterocycles. The number of hydrogen-bond donors (Lipinski definition) is 2. The van der Waals surface area contributed by atoms with Gasteiger partial charge in [-0.05, 0) is 37.0 Å². The maximum absolute atomic E-state index is 12.3. The molecule has 0 aromatic rings. The maximum atomic E-state index is 12.3. The Hall–Kier alpha value is -1.06. The number of hydrogen-bond acceptors (Lipinski definition) is 2. The predicted molar refractivity (Wildman–Crippen MR) is 79.4 cm³/mol. The maximum Gasteiger partial charge on any atom is 0.303 e. The molecule has 0 aromatic carbocycles. The number of carboxylic acids is 1. The van der Waals surface area contributed by atoms with Crippen LogP contribution in [0.2, 0.25) is 0 Å². The molecule has 1 aliphatic carbocycles. The van der Waals surface area contributed by atoms with Crippen molar-refractivity contribution in [2.24, 2.45) is 17.3 Å². The van der Waals surface area contributed by atoms with E-state index in [9.17, 15) is 9.59 Å². The number of nitrogens with one attached hydrogen (secondary N) is 1. The summed E-state index contributed by atoms with van der Waals surface area (Å²) < 4.78 is 0. The molecule has 116 valence electrons. The van der Waals surface area contributed by atoms with Gasteiger partial charge in [0.25, 0.3) is 0 Å². The molecule has 0 spiro atoms. The lowest BCUT2D eigenvalue weighted by molar-refractivity contribution is -0.137. The molecule has 0 radical (unpaired) electrons. The molecule has 20 heavy (non-hydrogen) atoms. The quantitative estimate of drug-likeness (QED) is 0.754. The van der Waals surface area contributed by atoms with Crippen LogP contribution in [0.25, 0.3) is 0 Å². The zero-order valence-electron chi connectivity index (χ0n) is 13.1. The molecule has 4 nitrogen and oxygen atoms in total. The van der Waals surface area contributed by atoms with Crippen molar-refractivity contribution in [2.75, 3.05) is 6.54 Å². The summed E-state index contributed by atoms with van der Waals surface area (Å²) in [6.07, 6.45) is 6.24. The molecule has 0 bridgehead atoms. The zero-order chi connectivity index (χ0) is 15.2. The molecule has 1 fully saturated rings. The van der Waals surface area contributed by atoms with Crippen molar-refractivity contribution >= 4 is 11.9 Å². The lowest BCUT2D eigenvalue weighted by Crippen LogP contribution is -2.41. The topological polar surface area (TPSA) is 66.4 Å². The summed E-state index contributed by atoms with van der Waals surface area (Å²) in [6, 6.07) is 0. The lowest BCUT2D eigenvalue weighted by atomic mass is 9.68. The Kier molecular flexibility index (Phi) is 6.50. The van der Waals surface area contributed by atoms with E-state index in [1.54, 1.807) is 0 Å². The molecule has 1 aliphatic rings. The average molecular weight is 283 g/mol. The second-order valence-corrected chi connectivity index (χ2v) is 6.90. The van der Waals surface area contributed by atoms with Crippen molar-refractivity contribution in [1.29, 1.82) is 0 Å². The molecule has 2 N–H and O–H groups in total. The number of carbonyl (C=O) groups is 2. The minimum Gasteiger partial charge on any atom is -0.481 e. The first-order valence-electron chi connectivity index (χ1n) is 7.82. The summed E-state index contributed by atoms with van der Waals surface area (Å²) in [4.78, 5) is 22.8. The Morgan fingerprint density at radius 3 is 2.60 bits per heavy atom. The van der Waals surface area contributed by atoms with Crippen molar-refractivity contribution in [2.45, 2.75) is 65.7 Å². The second kappa shape index (κ2) is 7.65. The van der Waals surface area contributed by atoms with Gasteiger partial charge in [0.2, 0.25) is 5.91 Å².